The molecule has 1 atom stereocenters. The van der Waals surface area contributed by atoms with Gasteiger partial charge in [-0.15, -0.1) is 0 Å². The van der Waals surface area contributed by atoms with E-state index in [4.69, 9.17) is 0 Å². The summed E-state index contributed by atoms with van der Waals surface area (Å²) in [6.07, 6.45) is 4.00. The lowest BCUT2D eigenvalue weighted by Gasteiger charge is -2.31. The molecule has 1 saturated heterocycles. The minimum Gasteiger partial charge on any atom is -0.390 e. The molecule has 0 bridgehead atoms. The molecular weight excluding hydrogens is 273 g/mol. The standard InChI is InChI=1S/C15H22FN3O2/c1-11-3-6-19(7-4-11)10-12(20)8-18-15(21)13-2-5-17-9-14(13)16/h2,5,9,11-12,20H,3-4,6-8,10H2,1H3,(H,18,21). The van der Waals surface area contributed by atoms with E-state index < -0.39 is 17.8 Å². The van der Waals surface area contributed by atoms with Crippen molar-refractivity contribution in [2.24, 2.45) is 5.92 Å². The highest BCUT2D eigenvalue weighted by Gasteiger charge is 2.19. The van der Waals surface area contributed by atoms with Crippen molar-refractivity contribution in [2.75, 3.05) is 26.2 Å². The molecule has 0 aliphatic carbocycles. The topological polar surface area (TPSA) is 65.5 Å². The summed E-state index contributed by atoms with van der Waals surface area (Å²) in [4.78, 5) is 17.6. The zero-order valence-electron chi connectivity index (χ0n) is 12.3. The van der Waals surface area contributed by atoms with Gasteiger partial charge in [-0.05, 0) is 37.9 Å². The Bertz CT molecular complexity index is 476. The number of hydrogen-bond acceptors (Lipinski definition) is 4. The number of rotatable bonds is 5. The van der Waals surface area contributed by atoms with Gasteiger partial charge in [0.1, 0.15) is 0 Å². The summed E-state index contributed by atoms with van der Waals surface area (Å²) in [6, 6.07) is 1.32. The first-order valence-corrected chi connectivity index (χ1v) is 7.34. The van der Waals surface area contributed by atoms with Crippen LogP contribution in [0.15, 0.2) is 18.5 Å². The van der Waals surface area contributed by atoms with Crippen LogP contribution in [0.2, 0.25) is 0 Å². The van der Waals surface area contributed by atoms with Crippen molar-refractivity contribution in [1.29, 1.82) is 0 Å². The molecule has 1 fully saturated rings. The third-order valence-electron chi connectivity index (χ3n) is 3.86. The number of carbonyl (C=O) groups is 1. The maximum Gasteiger partial charge on any atom is 0.254 e. The number of halogens is 1. The summed E-state index contributed by atoms with van der Waals surface area (Å²) in [6.45, 7) is 4.84. The fraction of sp³-hybridized carbons (Fsp3) is 0.600. The maximum absolute atomic E-state index is 13.4. The van der Waals surface area contributed by atoms with Crippen LogP contribution in [-0.4, -0.2) is 53.2 Å². The smallest absolute Gasteiger partial charge is 0.254 e. The van der Waals surface area contributed by atoms with E-state index in [1.807, 2.05) is 0 Å². The van der Waals surface area contributed by atoms with Crippen LogP contribution >= 0.6 is 0 Å². The molecule has 0 saturated carbocycles. The largest absolute Gasteiger partial charge is 0.390 e. The van der Waals surface area contributed by atoms with Gasteiger partial charge in [-0.25, -0.2) is 4.39 Å². The lowest BCUT2D eigenvalue weighted by Crippen LogP contribution is -2.43. The van der Waals surface area contributed by atoms with Crippen LogP contribution in [0, 0.1) is 11.7 Å². The second-order valence-electron chi connectivity index (χ2n) is 5.70. The van der Waals surface area contributed by atoms with E-state index in [9.17, 15) is 14.3 Å². The molecule has 1 unspecified atom stereocenters. The Kier molecular flexibility index (Phi) is 5.64. The number of carbonyl (C=O) groups excluding carboxylic acids is 1. The van der Waals surface area contributed by atoms with Crippen molar-refractivity contribution in [3.63, 3.8) is 0 Å². The Balaban J connectivity index is 1.75. The summed E-state index contributed by atoms with van der Waals surface area (Å²) < 4.78 is 13.4. The fourth-order valence-electron chi connectivity index (χ4n) is 2.47. The first kappa shape index (κ1) is 15.9. The van der Waals surface area contributed by atoms with E-state index in [0.29, 0.717) is 6.54 Å². The molecule has 1 aromatic heterocycles. The third kappa shape index (κ3) is 4.75. The Morgan fingerprint density at radius 2 is 2.29 bits per heavy atom. The van der Waals surface area contributed by atoms with Gasteiger partial charge < -0.3 is 15.3 Å². The van der Waals surface area contributed by atoms with Crippen LogP contribution in [0.25, 0.3) is 0 Å². The van der Waals surface area contributed by atoms with Crippen molar-refractivity contribution in [3.05, 3.63) is 29.8 Å². The first-order chi connectivity index (χ1) is 10.1. The number of piperidine rings is 1. The normalized spacial score (nSPS) is 18.4. The van der Waals surface area contributed by atoms with Crippen molar-refractivity contribution < 1.29 is 14.3 Å². The summed E-state index contributed by atoms with van der Waals surface area (Å²) in [5.74, 6) is -0.441. The van der Waals surface area contributed by atoms with Gasteiger partial charge in [0, 0.05) is 19.3 Å². The number of amides is 1. The lowest BCUT2D eigenvalue weighted by molar-refractivity contribution is 0.0793. The van der Waals surface area contributed by atoms with Gasteiger partial charge in [-0.2, -0.15) is 0 Å². The number of aromatic nitrogens is 1. The molecule has 0 spiro atoms. The van der Waals surface area contributed by atoms with E-state index in [0.717, 1.165) is 38.0 Å². The minimum absolute atomic E-state index is 0.0519. The molecule has 1 aromatic rings. The highest BCUT2D eigenvalue weighted by Crippen LogP contribution is 2.15. The van der Waals surface area contributed by atoms with Crippen LogP contribution < -0.4 is 5.32 Å². The highest BCUT2D eigenvalue weighted by atomic mass is 19.1. The van der Waals surface area contributed by atoms with Crippen LogP contribution in [0.4, 0.5) is 4.39 Å². The third-order valence-corrected chi connectivity index (χ3v) is 3.86. The van der Waals surface area contributed by atoms with Gasteiger partial charge in [0.15, 0.2) is 5.82 Å². The predicted molar refractivity (Wildman–Crippen MR) is 77.4 cm³/mol. The van der Waals surface area contributed by atoms with Gasteiger partial charge in [0.25, 0.3) is 5.91 Å². The quantitative estimate of drug-likeness (QED) is 0.852. The van der Waals surface area contributed by atoms with E-state index in [1.54, 1.807) is 0 Å². The number of nitrogens with one attached hydrogen (secondary N) is 1. The molecule has 1 amide bonds. The zero-order valence-corrected chi connectivity index (χ0v) is 12.3. The molecule has 0 aromatic carbocycles. The summed E-state index contributed by atoms with van der Waals surface area (Å²) >= 11 is 0. The average molecular weight is 295 g/mol. The highest BCUT2D eigenvalue weighted by molar-refractivity contribution is 5.94. The molecule has 21 heavy (non-hydrogen) atoms. The Morgan fingerprint density at radius 3 is 2.95 bits per heavy atom. The number of pyridine rings is 1. The SMILES string of the molecule is CC1CCN(CC(O)CNC(=O)c2ccncc2F)CC1. The van der Waals surface area contributed by atoms with Gasteiger partial charge >= 0.3 is 0 Å². The Hall–Kier alpha value is -1.53. The molecule has 6 heteroatoms. The van der Waals surface area contributed by atoms with Gasteiger partial charge in [0.05, 0.1) is 17.9 Å². The minimum atomic E-state index is -0.658. The number of β-amino-alcohol motifs (C(OH)–C–C–N with tert-alkyl or cyclic N) is 1. The van der Waals surface area contributed by atoms with Crippen LogP contribution in [0.1, 0.15) is 30.1 Å². The number of aliphatic hydroxyl groups is 1. The average Bonchev–Trinajstić information content (AvgIpc) is 2.48. The molecule has 2 heterocycles. The van der Waals surface area contributed by atoms with Crippen LogP contribution in [0.5, 0.6) is 0 Å². The van der Waals surface area contributed by atoms with Crippen LogP contribution in [-0.2, 0) is 0 Å². The maximum atomic E-state index is 13.4. The molecule has 2 rings (SSSR count). The number of aliphatic hydroxyl groups excluding tert-OH is 1. The predicted octanol–water partition coefficient (Wildman–Crippen LogP) is 1.04. The van der Waals surface area contributed by atoms with E-state index in [2.05, 4.69) is 22.1 Å². The van der Waals surface area contributed by atoms with E-state index >= 15 is 0 Å². The number of hydrogen-bond donors (Lipinski definition) is 2. The lowest BCUT2D eigenvalue weighted by atomic mass is 9.99. The molecule has 116 valence electrons. The van der Waals surface area contributed by atoms with Crippen molar-refractivity contribution in [1.82, 2.24) is 15.2 Å². The van der Waals surface area contributed by atoms with Gasteiger partial charge in [-0.1, -0.05) is 6.92 Å². The monoisotopic (exact) mass is 295 g/mol. The molecule has 0 radical (unpaired) electrons. The molecular formula is C15H22FN3O2. The number of likely N-dealkylation sites (tertiary alicyclic amines) is 1. The summed E-state index contributed by atoms with van der Waals surface area (Å²) in [7, 11) is 0. The Morgan fingerprint density at radius 1 is 1.57 bits per heavy atom. The summed E-state index contributed by atoms with van der Waals surface area (Å²) in [5, 5.41) is 12.5. The fourth-order valence-corrected chi connectivity index (χ4v) is 2.47. The number of nitrogens with zero attached hydrogens (tertiary/aromatic N) is 2. The summed E-state index contributed by atoms with van der Waals surface area (Å²) in [5.41, 5.74) is -0.0519. The first-order valence-electron chi connectivity index (χ1n) is 7.34. The zero-order chi connectivity index (χ0) is 15.2. The second kappa shape index (κ2) is 7.47. The van der Waals surface area contributed by atoms with Crippen molar-refractivity contribution in [3.8, 4) is 0 Å². The van der Waals surface area contributed by atoms with Crippen LogP contribution in [0.3, 0.4) is 0 Å². The van der Waals surface area contributed by atoms with Crippen molar-refractivity contribution >= 4 is 5.91 Å². The van der Waals surface area contributed by atoms with Gasteiger partial charge in [0.2, 0.25) is 0 Å². The molecule has 5 nitrogen and oxygen atoms in total. The molecule has 1 aliphatic heterocycles. The molecule has 1 aliphatic rings. The van der Waals surface area contributed by atoms with Gasteiger partial charge in [-0.3, -0.25) is 9.78 Å². The molecule has 2 N–H and O–H groups in total. The second-order valence-corrected chi connectivity index (χ2v) is 5.70. The van der Waals surface area contributed by atoms with E-state index in [1.165, 1.54) is 12.3 Å². The van der Waals surface area contributed by atoms with Crippen molar-refractivity contribution in [2.45, 2.75) is 25.9 Å². The Labute approximate surface area is 124 Å². The van der Waals surface area contributed by atoms with E-state index in [-0.39, 0.29) is 12.1 Å².